The van der Waals surface area contributed by atoms with Crippen LogP contribution in [-0.2, 0) is 0 Å². The molecule has 0 spiro atoms. The lowest BCUT2D eigenvalue weighted by atomic mass is 10.1. The highest BCUT2D eigenvalue weighted by Gasteiger charge is 2.26. The number of aromatic nitrogens is 1. The average molecular weight is 489 g/mol. The summed E-state index contributed by atoms with van der Waals surface area (Å²) >= 11 is 1.50. The van der Waals surface area contributed by atoms with Gasteiger partial charge in [-0.3, -0.25) is 9.59 Å². The standard InChI is InChI=1S/C27H25FN4O2S/c1-16-6-2-4-8-22(16)31-25-23(32-27(34)21-15-35-24-9-5-3-7-20(21)24)12-17(14-29-25)26(33)30-19-11-10-18(28)13-19/h2-9,12,14-15,18-19H,10-11,13H2,1H3,(H,29,31)(H,30,33)(H,32,34)/t18-,19+/m1/s1. The predicted octanol–water partition coefficient (Wildman–Crippen LogP) is 6.22. The number of carbonyl (C=O) groups excluding carboxylic acids is 2. The highest BCUT2D eigenvalue weighted by molar-refractivity contribution is 7.17. The maximum atomic E-state index is 13.6. The van der Waals surface area contributed by atoms with Crippen LogP contribution in [0.25, 0.3) is 10.1 Å². The second kappa shape index (κ2) is 9.84. The number of pyridine rings is 1. The Morgan fingerprint density at radius 2 is 1.83 bits per heavy atom. The van der Waals surface area contributed by atoms with Crippen molar-refractivity contribution in [1.29, 1.82) is 0 Å². The number of nitrogens with one attached hydrogen (secondary N) is 3. The summed E-state index contributed by atoms with van der Waals surface area (Å²) in [6, 6.07) is 16.9. The summed E-state index contributed by atoms with van der Waals surface area (Å²) in [5.41, 5.74) is 3.10. The van der Waals surface area contributed by atoms with E-state index in [4.69, 9.17) is 0 Å². The van der Waals surface area contributed by atoms with Crippen molar-refractivity contribution in [3.63, 3.8) is 0 Å². The number of rotatable bonds is 6. The van der Waals surface area contributed by atoms with E-state index < -0.39 is 6.17 Å². The third kappa shape index (κ3) is 5.02. The summed E-state index contributed by atoms with van der Waals surface area (Å²) < 4.78 is 14.6. The zero-order chi connectivity index (χ0) is 24.4. The smallest absolute Gasteiger partial charge is 0.257 e. The molecule has 4 aromatic rings. The molecule has 1 aliphatic rings. The number of alkyl halides is 1. The molecule has 1 saturated carbocycles. The normalized spacial score (nSPS) is 17.3. The minimum absolute atomic E-state index is 0.197. The number of anilines is 3. The topological polar surface area (TPSA) is 83.1 Å². The van der Waals surface area contributed by atoms with E-state index in [0.29, 0.717) is 41.9 Å². The van der Waals surface area contributed by atoms with E-state index in [1.165, 1.54) is 17.5 Å². The number of fused-ring (bicyclic) bond motifs is 1. The molecule has 1 fully saturated rings. The minimum atomic E-state index is -0.880. The van der Waals surface area contributed by atoms with E-state index in [2.05, 4.69) is 20.9 Å². The van der Waals surface area contributed by atoms with Crippen LogP contribution in [0, 0.1) is 6.92 Å². The highest BCUT2D eigenvalue weighted by Crippen LogP contribution is 2.30. The molecule has 0 saturated heterocycles. The van der Waals surface area contributed by atoms with E-state index in [9.17, 15) is 14.0 Å². The molecule has 2 amide bonds. The Bertz CT molecular complexity index is 1400. The Hall–Kier alpha value is -3.78. The summed E-state index contributed by atoms with van der Waals surface area (Å²) in [6.07, 6.45) is 1.98. The third-order valence-electron chi connectivity index (χ3n) is 6.23. The van der Waals surface area contributed by atoms with Crippen molar-refractivity contribution in [3.05, 3.63) is 82.9 Å². The zero-order valence-corrected chi connectivity index (χ0v) is 20.0. The van der Waals surface area contributed by atoms with Gasteiger partial charge in [0.05, 0.1) is 16.8 Å². The average Bonchev–Trinajstić information content (AvgIpc) is 3.47. The zero-order valence-electron chi connectivity index (χ0n) is 19.2. The Kier molecular flexibility index (Phi) is 6.46. The number of thiophene rings is 1. The Morgan fingerprint density at radius 3 is 2.63 bits per heavy atom. The van der Waals surface area contributed by atoms with Gasteiger partial charge in [-0.05, 0) is 49.9 Å². The fourth-order valence-corrected chi connectivity index (χ4v) is 5.24. The number of aryl methyl sites for hydroxylation is 1. The monoisotopic (exact) mass is 488 g/mol. The largest absolute Gasteiger partial charge is 0.349 e. The first-order valence-corrected chi connectivity index (χ1v) is 12.4. The molecule has 0 unspecified atom stereocenters. The van der Waals surface area contributed by atoms with Gasteiger partial charge in [-0.1, -0.05) is 36.4 Å². The van der Waals surface area contributed by atoms with Gasteiger partial charge in [-0.25, -0.2) is 9.37 Å². The maximum absolute atomic E-state index is 13.6. The van der Waals surface area contributed by atoms with Crippen LogP contribution in [0.3, 0.4) is 0 Å². The second-order valence-electron chi connectivity index (χ2n) is 8.74. The van der Waals surface area contributed by atoms with Crippen LogP contribution in [0.5, 0.6) is 0 Å². The van der Waals surface area contributed by atoms with Crippen LogP contribution in [0.2, 0.25) is 0 Å². The van der Waals surface area contributed by atoms with E-state index >= 15 is 0 Å². The summed E-state index contributed by atoms with van der Waals surface area (Å²) in [4.78, 5) is 30.6. The Labute approximate surface area is 206 Å². The van der Waals surface area contributed by atoms with Gasteiger partial charge < -0.3 is 16.0 Å². The molecule has 8 heteroatoms. The molecule has 0 bridgehead atoms. The summed E-state index contributed by atoms with van der Waals surface area (Å²) in [5, 5.41) is 11.8. The van der Waals surface area contributed by atoms with E-state index in [1.54, 1.807) is 6.07 Å². The van der Waals surface area contributed by atoms with Gasteiger partial charge in [0, 0.05) is 33.4 Å². The van der Waals surface area contributed by atoms with Crippen LogP contribution in [0.15, 0.2) is 66.2 Å². The number of nitrogens with zero attached hydrogens (tertiary/aromatic N) is 1. The first-order valence-electron chi connectivity index (χ1n) is 11.5. The van der Waals surface area contributed by atoms with Crippen molar-refractivity contribution in [1.82, 2.24) is 10.3 Å². The minimum Gasteiger partial charge on any atom is -0.349 e. The molecule has 5 rings (SSSR count). The van der Waals surface area contributed by atoms with Gasteiger partial charge >= 0.3 is 0 Å². The molecule has 178 valence electrons. The molecule has 2 atom stereocenters. The number of benzene rings is 2. The molecule has 2 aromatic heterocycles. The van der Waals surface area contributed by atoms with E-state index in [-0.39, 0.29) is 17.9 Å². The molecular weight excluding hydrogens is 463 g/mol. The first kappa shape index (κ1) is 23.0. The highest BCUT2D eigenvalue weighted by atomic mass is 32.1. The van der Waals surface area contributed by atoms with Gasteiger partial charge in [-0.15, -0.1) is 11.3 Å². The van der Waals surface area contributed by atoms with Crippen molar-refractivity contribution >= 4 is 50.4 Å². The lowest BCUT2D eigenvalue weighted by Crippen LogP contribution is -2.33. The second-order valence-corrected chi connectivity index (χ2v) is 9.65. The number of halogens is 1. The number of amides is 2. The van der Waals surface area contributed by atoms with Crippen molar-refractivity contribution < 1.29 is 14.0 Å². The van der Waals surface area contributed by atoms with Crippen molar-refractivity contribution in [3.8, 4) is 0 Å². The van der Waals surface area contributed by atoms with Gasteiger partial charge in [0.25, 0.3) is 11.8 Å². The van der Waals surface area contributed by atoms with Crippen LogP contribution in [0.4, 0.5) is 21.6 Å². The molecule has 2 aromatic carbocycles. The number of hydrogen-bond acceptors (Lipinski definition) is 5. The fraction of sp³-hybridized carbons (Fsp3) is 0.222. The first-order chi connectivity index (χ1) is 17.0. The SMILES string of the molecule is Cc1ccccc1Nc1ncc(C(=O)N[C@H]2CC[C@@H](F)C2)cc1NC(=O)c1csc2ccccc12. The quantitative estimate of drug-likeness (QED) is 0.301. The van der Waals surface area contributed by atoms with E-state index in [1.807, 2.05) is 60.8 Å². The number of hydrogen-bond donors (Lipinski definition) is 3. The molecule has 0 aliphatic heterocycles. The maximum Gasteiger partial charge on any atom is 0.257 e. The number of carbonyl (C=O) groups is 2. The number of para-hydroxylation sites is 1. The van der Waals surface area contributed by atoms with Crippen molar-refractivity contribution in [2.45, 2.75) is 38.4 Å². The van der Waals surface area contributed by atoms with Crippen LogP contribution in [0.1, 0.15) is 45.5 Å². The lowest BCUT2D eigenvalue weighted by molar-refractivity contribution is 0.0935. The molecule has 3 N–H and O–H groups in total. The predicted molar refractivity (Wildman–Crippen MR) is 138 cm³/mol. The molecule has 35 heavy (non-hydrogen) atoms. The van der Waals surface area contributed by atoms with E-state index in [0.717, 1.165) is 21.3 Å². The lowest BCUT2D eigenvalue weighted by Gasteiger charge is -2.16. The Morgan fingerprint density at radius 1 is 1.03 bits per heavy atom. The third-order valence-corrected chi connectivity index (χ3v) is 7.19. The van der Waals surface area contributed by atoms with Crippen LogP contribution >= 0.6 is 11.3 Å². The van der Waals surface area contributed by atoms with Crippen LogP contribution < -0.4 is 16.0 Å². The summed E-state index contributed by atoms with van der Waals surface area (Å²) in [6.45, 7) is 1.97. The summed E-state index contributed by atoms with van der Waals surface area (Å²) in [5.74, 6) is -0.199. The molecular formula is C27H25FN4O2S. The van der Waals surface area contributed by atoms with Gasteiger partial charge in [0.1, 0.15) is 6.17 Å². The van der Waals surface area contributed by atoms with Crippen molar-refractivity contribution in [2.75, 3.05) is 10.6 Å². The molecule has 2 heterocycles. The Balaban J connectivity index is 1.45. The van der Waals surface area contributed by atoms with Crippen molar-refractivity contribution in [2.24, 2.45) is 0 Å². The molecule has 1 aliphatic carbocycles. The molecule has 6 nitrogen and oxygen atoms in total. The fourth-order valence-electron chi connectivity index (χ4n) is 4.29. The van der Waals surface area contributed by atoms with Gasteiger partial charge in [0.15, 0.2) is 5.82 Å². The van der Waals surface area contributed by atoms with Gasteiger partial charge in [0.2, 0.25) is 0 Å². The van der Waals surface area contributed by atoms with Gasteiger partial charge in [-0.2, -0.15) is 0 Å². The summed E-state index contributed by atoms with van der Waals surface area (Å²) in [7, 11) is 0. The molecule has 0 radical (unpaired) electrons. The van der Waals surface area contributed by atoms with Crippen LogP contribution in [-0.4, -0.2) is 29.0 Å².